The topological polar surface area (TPSA) is 74.0 Å². The second-order valence-corrected chi connectivity index (χ2v) is 3.13. The molecule has 0 aliphatic rings. The van der Waals surface area contributed by atoms with Crippen LogP contribution < -0.4 is 16.2 Å². The van der Waals surface area contributed by atoms with Crippen LogP contribution in [-0.2, 0) is 0 Å². The Morgan fingerprint density at radius 1 is 1.47 bits per heavy atom. The van der Waals surface area contributed by atoms with Crippen LogP contribution in [0.2, 0.25) is 0 Å². The third kappa shape index (κ3) is 3.55. The van der Waals surface area contributed by atoms with Gasteiger partial charge in [-0.05, 0) is 32.1 Å². The molecule has 0 fully saturated rings. The highest BCUT2D eigenvalue weighted by molar-refractivity contribution is 5.93. The van der Waals surface area contributed by atoms with Gasteiger partial charge in [-0.1, -0.05) is 0 Å². The van der Waals surface area contributed by atoms with Gasteiger partial charge in [0.25, 0.3) is 11.5 Å². The van der Waals surface area contributed by atoms with Crippen LogP contribution in [0, 0.1) is 0 Å². The van der Waals surface area contributed by atoms with Crippen LogP contribution in [0.25, 0.3) is 0 Å². The van der Waals surface area contributed by atoms with E-state index in [1.54, 1.807) is 6.07 Å². The molecule has 1 heterocycles. The fraction of sp³-hybridized carbons (Fsp3) is 0.400. The molecule has 0 aromatic carbocycles. The van der Waals surface area contributed by atoms with E-state index >= 15 is 0 Å². The van der Waals surface area contributed by atoms with E-state index in [2.05, 4.69) is 15.6 Å². The molecule has 1 aromatic heterocycles. The second-order valence-electron chi connectivity index (χ2n) is 3.13. The zero-order valence-corrected chi connectivity index (χ0v) is 8.67. The van der Waals surface area contributed by atoms with Gasteiger partial charge >= 0.3 is 0 Å². The van der Waals surface area contributed by atoms with Gasteiger partial charge in [-0.2, -0.15) is 0 Å². The van der Waals surface area contributed by atoms with E-state index < -0.39 is 0 Å². The molecule has 0 saturated carbocycles. The van der Waals surface area contributed by atoms with E-state index in [1.807, 2.05) is 7.05 Å². The Kier molecular flexibility index (Phi) is 4.56. The molecule has 0 bridgehead atoms. The average molecular weight is 209 g/mol. The molecule has 0 saturated heterocycles. The van der Waals surface area contributed by atoms with Gasteiger partial charge in [0.05, 0.1) is 0 Å². The zero-order valence-electron chi connectivity index (χ0n) is 8.67. The van der Waals surface area contributed by atoms with Crippen molar-refractivity contribution in [2.24, 2.45) is 0 Å². The van der Waals surface area contributed by atoms with E-state index in [0.29, 0.717) is 6.54 Å². The van der Waals surface area contributed by atoms with Gasteiger partial charge in [0.2, 0.25) is 0 Å². The first-order valence-electron chi connectivity index (χ1n) is 4.86. The molecule has 0 aliphatic heterocycles. The van der Waals surface area contributed by atoms with E-state index in [-0.39, 0.29) is 17.0 Å². The van der Waals surface area contributed by atoms with Gasteiger partial charge in [0.1, 0.15) is 5.56 Å². The monoisotopic (exact) mass is 209 g/mol. The van der Waals surface area contributed by atoms with Gasteiger partial charge in [-0.15, -0.1) is 0 Å². The molecule has 5 nitrogen and oxygen atoms in total. The Morgan fingerprint density at radius 3 is 2.93 bits per heavy atom. The van der Waals surface area contributed by atoms with Crippen molar-refractivity contribution in [2.45, 2.75) is 6.42 Å². The molecule has 1 amide bonds. The standard InChI is InChI=1S/C10H15N3O2/c1-11-5-3-7-13-10(15)8-4-2-6-12-9(8)14/h2,4,6,11H,3,5,7H2,1H3,(H,12,14)(H,13,15). The van der Waals surface area contributed by atoms with Gasteiger partial charge in [0.15, 0.2) is 0 Å². The van der Waals surface area contributed by atoms with Gasteiger partial charge < -0.3 is 15.6 Å². The summed E-state index contributed by atoms with van der Waals surface area (Å²) in [5.74, 6) is -0.326. The molecule has 0 aliphatic carbocycles. The number of amides is 1. The lowest BCUT2D eigenvalue weighted by Crippen LogP contribution is -2.31. The predicted octanol–water partition coefficient (Wildman–Crippen LogP) is -0.286. The highest BCUT2D eigenvalue weighted by atomic mass is 16.2. The Bertz CT molecular complexity index is 373. The lowest BCUT2D eigenvalue weighted by Gasteiger charge is -2.03. The number of aromatic amines is 1. The van der Waals surface area contributed by atoms with Gasteiger partial charge in [-0.3, -0.25) is 9.59 Å². The second kappa shape index (κ2) is 5.98. The minimum absolute atomic E-state index is 0.155. The number of rotatable bonds is 5. The molecule has 3 N–H and O–H groups in total. The minimum atomic E-state index is -0.358. The van der Waals surface area contributed by atoms with Crippen LogP contribution in [0.5, 0.6) is 0 Å². The molecule has 1 rings (SSSR count). The summed E-state index contributed by atoms with van der Waals surface area (Å²) in [5, 5.41) is 5.65. The molecule has 0 atom stereocenters. The predicted molar refractivity (Wildman–Crippen MR) is 57.9 cm³/mol. The first-order valence-corrected chi connectivity index (χ1v) is 4.86. The van der Waals surface area contributed by atoms with Crippen LogP contribution in [0.3, 0.4) is 0 Å². The van der Waals surface area contributed by atoms with Crippen LogP contribution in [0.1, 0.15) is 16.8 Å². The van der Waals surface area contributed by atoms with Gasteiger partial charge in [-0.25, -0.2) is 0 Å². The maximum absolute atomic E-state index is 11.5. The van der Waals surface area contributed by atoms with Crippen molar-refractivity contribution in [1.82, 2.24) is 15.6 Å². The Labute approximate surface area is 87.9 Å². The summed E-state index contributed by atoms with van der Waals surface area (Å²) >= 11 is 0. The lowest BCUT2D eigenvalue weighted by molar-refractivity contribution is 0.0952. The molecular formula is C10H15N3O2. The van der Waals surface area contributed by atoms with Crippen molar-refractivity contribution in [3.8, 4) is 0 Å². The van der Waals surface area contributed by atoms with Crippen LogP contribution >= 0.6 is 0 Å². The summed E-state index contributed by atoms with van der Waals surface area (Å²) in [6, 6.07) is 3.14. The normalized spacial score (nSPS) is 9.93. The van der Waals surface area contributed by atoms with E-state index in [1.165, 1.54) is 12.3 Å². The first-order chi connectivity index (χ1) is 7.25. The summed E-state index contributed by atoms with van der Waals surface area (Å²) < 4.78 is 0. The van der Waals surface area contributed by atoms with E-state index in [4.69, 9.17) is 0 Å². The molecule has 0 spiro atoms. The number of pyridine rings is 1. The highest BCUT2D eigenvalue weighted by Gasteiger charge is 2.07. The largest absolute Gasteiger partial charge is 0.352 e. The molecule has 82 valence electrons. The van der Waals surface area contributed by atoms with Crippen molar-refractivity contribution >= 4 is 5.91 Å². The molecule has 1 aromatic rings. The first kappa shape index (κ1) is 11.5. The smallest absolute Gasteiger partial charge is 0.260 e. The number of hydrogen-bond acceptors (Lipinski definition) is 3. The third-order valence-corrected chi connectivity index (χ3v) is 1.95. The Morgan fingerprint density at radius 2 is 2.27 bits per heavy atom. The zero-order chi connectivity index (χ0) is 11.1. The number of aromatic nitrogens is 1. The average Bonchev–Trinajstić information content (AvgIpc) is 2.25. The van der Waals surface area contributed by atoms with Crippen molar-refractivity contribution in [3.63, 3.8) is 0 Å². The number of carbonyl (C=O) groups is 1. The summed E-state index contributed by atoms with van der Waals surface area (Å²) in [6.07, 6.45) is 2.34. The fourth-order valence-electron chi connectivity index (χ4n) is 1.16. The Hall–Kier alpha value is -1.62. The number of nitrogens with one attached hydrogen (secondary N) is 3. The van der Waals surface area contributed by atoms with E-state index in [9.17, 15) is 9.59 Å². The summed E-state index contributed by atoms with van der Waals surface area (Å²) in [5.41, 5.74) is -0.203. The summed E-state index contributed by atoms with van der Waals surface area (Å²) in [4.78, 5) is 25.2. The van der Waals surface area contributed by atoms with Crippen LogP contribution in [0.15, 0.2) is 23.1 Å². The van der Waals surface area contributed by atoms with Crippen LogP contribution in [-0.4, -0.2) is 31.0 Å². The summed E-state index contributed by atoms with van der Waals surface area (Å²) in [7, 11) is 1.85. The van der Waals surface area contributed by atoms with E-state index in [0.717, 1.165) is 13.0 Å². The maximum Gasteiger partial charge on any atom is 0.260 e. The summed E-state index contributed by atoms with van der Waals surface area (Å²) in [6.45, 7) is 1.40. The molecule has 0 radical (unpaired) electrons. The third-order valence-electron chi connectivity index (χ3n) is 1.95. The van der Waals surface area contributed by atoms with Crippen molar-refractivity contribution in [2.75, 3.05) is 20.1 Å². The SMILES string of the molecule is CNCCCNC(=O)c1ccc[nH]c1=O. The molecule has 0 unspecified atom stereocenters. The van der Waals surface area contributed by atoms with Gasteiger partial charge in [0, 0.05) is 12.7 Å². The molecule has 15 heavy (non-hydrogen) atoms. The number of carbonyl (C=O) groups excluding carboxylic acids is 1. The minimum Gasteiger partial charge on any atom is -0.352 e. The van der Waals surface area contributed by atoms with Crippen molar-refractivity contribution < 1.29 is 4.79 Å². The molecule has 5 heteroatoms. The van der Waals surface area contributed by atoms with Crippen molar-refractivity contribution in [3.05, 3.63) is 34.2 Å². The number of hydrogen-bond donors (Lipinski definition) is 3. The Balaban J connectivity index is 2.48. The fourth-order valence-corrected chi connectivity index (χ4v) is 1.16. The molecular weight excluding hydrogens is 194 g/mol. The highest BCUT2D eigenvalue weighted by Crippen LogP contribution is 1.88. The quantitative estimate of drug-likeness (QED) is 0.584. The van der Waals surface area contributed by atoms with Crippen LogP contribution in [0.4, 0.5) is 0 Å². The lowest BCUT2D eigenvalue weighted by atomic mass is 10.2. The van der Waals surface area contributed by atoms with Crippen molar-refractivity contribution in [1.29, 1.82) is 0 Å². The number of H-pyrrole nitrogens is 1. The maximum atomic E-state index is 11.5.